The van der Waals surface area contributed by atoms with Crippen molar-refractivity contribution in [3.8, 4) is 0 Å². The smallest absolute Gasteiger partial charge is 0.278 e. The van der Waals surface area contributed by atoms with E-state index in [1.165, 1.54) is 23.5 Å². The van der Waals surface area contributed by atoms with Crippen LogP contribution in [0.4, 0.5) is 4.39 Å². The average molecular weight is 370 g/mol. The Hall–Kier alpha value is -2.17. The normalized spacial score (nSPS) is 24.9. The van der Waals surface area contributed by atoms with Crippen LogP contribution in [0.25, 0.3) is 5.57 Å². The van der Waals surface area contributed by atoms with Gasteiger partial charge in [0.25, 0.3) is 11.8 Å². The fraction of sp³-hybridized carbons (Fsp3) is 0.545. The summed E-state index contributed by atoms with van der Waals surface area (Å²) in [6, 6.07) is 5.95. The van der Waals surface area contributed by atoms with Crippen molar-refractivity contribution in [2.75, 3.05) is 13.1 Å². The molecule has 1 aliphatic carbocycles. The Morgan fingerprint density at radius 3 is 2.30 bits per heavy atom. The van der Waals surface area contributed by atoms with Crippen molar-refractivity contribution in [3.63, 3.8) is 0 Å². The van der Waals surface area contributed by atoms with Gasteiger partial charge < -0.3 is 4.90 Å². The van der Waals surface area contributed by atoms with Crippen LogP contribution >= 0.6 is 0 Å². The first-order valence-electron chi connectivity index (χ1n) is 10.2. The number of hydrogen-bond acceptors (Lipinski definition) is 3. The summed E-state index contributed by atoms with van der Waals surface area (Å²) >= 11 is 0. The second-order valence-electron chi connectivity index (χ2n) is 8.20. The molecule has 1 saturated carbocycles. The molecule has 4 nitrogen and oxygen atoms in total. The van der Waals surface area contributed by atoms with Gasteiger partial charge in [0.05, 0.1) is 5.57 Å². The van der Waals surface area contributed by atoms with Gasteiger partial charge in [-0.15, -0.1) is 0 Å². The third-order valence-corrected chi connectivity index (χ3v) is 6.14. The first-order valence-corrected chi connectivity index (χ1v) is 10.2. The standard InChI is InChI=1S/C22H27FN2O2/c1-15-6-5-13-24(14-15)20-19(16-9-11-17(23)12-10-16)21(26)25(22(20)27)18-7-3-2-4-8-18/h9-12,15,18H,2-8,13-14H2,1H3. The molecule has 0 spiro atoms. The molecule has 4 rings (SSSR count). The molecule has 27 heavy (non-hydrogen) atoms. The lowest BCUT2D eigenvalue weighted by Gasteiger charge is -2.34. The largest absolute Gasteiger partial charge is 0.366 e. The van der Waals surface area contributed by atoms with E-state index in [1.54, 1.807) is 12.1 Å². The molecule has 1 aromatic carbocycles. The predicted molar refractivity (Wildman–Crippen MR) is 102 cm³/mol. The predicted octanol–water partition coefficient (Wildman–Crippen LogP) is 3.97. The Bertz CT molecular complexity index is 765. The number of amides is 2. The maximum Gasteiger partial charge on any atom is 0.278 e. The van der Waals surface area contributed by atoms with E-state index in [2.05, 4.69) is 11.8 Å². The van der Waals surface area contributed by atoms with Gasteiger partial charge in [0.1, 0.15) is 11.5 Å². The molecule has 5 heteroatoms. The summed E-state index contributed by atoms with van der Waals surface area (Å²) in [6.45, 7) is 3.77. The molecule has 0 N–H and O–H groups in total. The summed E-state index contributed by atoms with van der Waals surface area (Å²) in [7, 11) is 0. The van der Waals surface area contributed by atoms with E-state index in [0.717, 1.165) is 51.6 Å². The van der Waals surface area contributed by atoms with Crippen molar-refractivity contribution in [2.45, 2.75) is 57.9 Å². The zero-order chi connectivity index (χ0) is 19.0. The molecule has 0 bridgehead atoms. The van der Waals surface area contributed by atoms with Gasteiger partial charge in [-0.25, -0.2) is 4.39 Å². The molecule has 2 heterocycles. The molecule has 0 aromatic heterocycles. The molecule has 2 aliphatic heterocycles. The van der Waals surface area contributed by atoms with Crippen LogP contribution in [0.3, 0.4) is 0 Å². The topological polar surface area (TPSA) is 40.6 Å². The Morgan fingerprint density at radius 2 is 1.63 bits per heavy atom. The SMILES string of the molecule is CC1CCCN(C2=C(c3ccc(F)cc3)C(=O)N(C3CCCCC3)C2=O)C1. The number of carbonyl (C=O) groups is 2. The Kier molecular flexibility index (Phi) is 5.02. The van der Waals surface area contributed by atoms with Gasteiger partial charge in [-0.3, -0.25) is 14.5 Å². The summed E-state index contributed by atoms with van der Waals surface area (Å²) in [6.07, 6.45) is 7.22. The first-order chi connectivity index (χ1) is 13.1. The Morgan fingerprint density at radius 1 is 0.926 bits per heavy atom. The van der Waals surface area contributed by atoms with Crippen LogP contribution in [0.1, 0.15) is 57.4 Å². The number of halogens is 1. The number of carbonyl (C=O) groups excluding carboxylic acids is 2. The van der Waals surface area contributed by atoms with Crippen LogP contribution in [0.2, 0.25) is 0 Å². The van der Waals surface area contributed by atoms with Gasteiger partial charge in [0, 0.05) is 19.1 Å². The molecule has 1 atom stereocenters. The maximum absolute atomic E-state index is 13.4. The van der Waals surface area contributed by atoms with Crippen molar-refractivity contribution in [1.82, 2.24) is 9.80 Å². The van der Waals surface area contributed by atoms with Crippen LogP contribution in [0.5, 0.6) is 0 Å². The quantitative estimate of drug-likeness (QED) is 0.756. The van der Waals surface area contributed by atoms with E-state index < -0.39 is 0 Å². The van der Waals surface area contributed by atoms with Crippen LogP contribution in [0.15, 0.2) is 30.0 Å². The molecular formula is C22H27FN2O2. The van der Waals surface area contributed by atoms with Crippen LogP contribution < -0.4 is 0 Å². The molecule has 2 amide bonds. The van der Waals surface area contributed by atoms with Crippen molar-refractivity contribution >= 4 is 17.4 Å². The van der Waals surface area contributed by atoms with Gasteiger partial charge in [0.2, 0.25) is 0 Å². The van der Waals surface area contributed by atoms with Gasteiger partial charge in [0.15, 0.2) is 0 Å². The molecule has 0 radical (unpaired) electrons. The summed E-state index contributed by atoms with van der Waals surface area (Å²) in [4.78, 5) is 30.4. The Labute approximate surface area is 160 Å². The zero-order valence-electron chi connectivity index (χ0n) is 15.9. The van der Waals surface area contributed by atoms with Crippen molar-refractivity contribution in [2.24, 2.45) is 5.92 Å². The molecule has 1 unspecified atom stereocenters. The average Bonchev–Trinajstić information content (AvgIpc) is 2.93. The summed E-state index contributed by atoms with van der Waals surface area (Å²) in [5.41, 5.74) is 1.63. The molecular weight excluding hydrogens is 343 g/mol. The second-order valence-corrected chi connectivity index (χ2v) is 8.20. The minimum atomic E-state index is -0.339. The highest BCUT2D eigenvalue weighted by atomic mass is 19.1. The number of nitrogens with zero attached hydrogens (tertiary/aromatic N) is 2. The van der Waals surface area contributed by atoms with Crippen LogP contribution in [-0.4, -0.2) is 40.7 Å². The monoisotopic (exact) mass is 370 g/mol. The minimum absolute atomic E-state index is 0.00564. The van der Waals surface area contributed by atoms with Crippen LogP contribution in [-0.2, 0) is 9.59 Å². The summed E-state index contributed by atoms with van der Waals surface area (Å²) < 4.78 is 13.4. The van der Waals surface area contributed by atoms with E-state index in [9.17, 15) is 14.0 Å². The first kappa shape index (κ1) is 18.2. The molecule has 3 aliphatic rings. The van der Waals surface area contributed by atoms with Crippen LogP contribution in [0, 0.1) is 11.7 Å². The second kappa shape index (κ2) is 7.45. The zero-order valence-corrected chi connectivity index (χ0v) is 15.9. The molecule has 144 valence electrons. The number of rotatable bonds is 3. The van der Waals surface area contributed by atoms with E-state index in [4.69, 9.17) is 0 Å². The van der Waals surface area contributed by atoms with E-state index in [1.807, 2.05) is 0 Å². The van der Waals surface area contributed by atoms with Crippen molar-refractivity contribution in [1.29, 1.82) is 0 Å². The lowest BCUT2D eigenvalue weighted by molar-refractivity contribution is -0.141. The van der Waals surface area contributed by atoms with E-state index in [-0.39, 0.29) is 23.7 Å². The maximum atomic E-state index is 13.4. The number of piperidine rings is 1. The molecule has 1 aromatic rings. The van der Waals surface area contributed by atoms with E-state index in [0.29, 0.717) is 22.8 Å². The summed E-state index contributed by atoms with van der Waals surface area (Å²) in [5, 5.41) is 0. The number of likely N-dealkylation sites (tertiary alicyclic amines) is 1. The third-order valence-electron chi connectivity index (χ3n) is 6.14. The Balaban J connectivity index is 1.75. The highest BCUT2D eigenvalue weighted by Gasteiger charge is 2.45. The van der Waals surface area contributed by atoms with Gasteiger partial charge >= 0.3 is 0 Å². The molecule has 2 fully saturated rings. The van der Waals surface area contributed by atoms with Crippen molar-refractivity contribution < 1.29 is 14.0 Å². The van der Waals surface area contributed by atoms with Gasteiger partial charge in [-0.05, 0) is 49.3 Å². The fourth-order valence-electron chi connectivity index (χ4n) is 4.77. The molecule has 1 saturated heterocycles. The fourth-order valence-corrected chi connectivity index (χ4v) is 4.77. The highest BCUT2D eigenvalue weighted by Crippen LogP contribution is 2.37. The third kappa shape index (κ3) is 3.40. The number of hydrogen-bond donors (Lipinski definition) is 0. The number of imide groups is 1. The van der Waals surface area contributed by atoms with E-state index >= 15 is 0 Å². The number of benzene rings is 1. The summed E-state index contributed by atoms with van der Waals surface area (Å²) in [5.74, 6) is -0.201. The lowest BCUT2D eigenvalue weighted by Crippen LogP contribution is -2.44. The lowest BCUT2D eigenvalue weighted by atomic mass is 9.94. The van der Waals surface area contributed by atoms with Gasteiger partial charge in [-0.1, -0.05) is 38.3 Å². The highest BCUT2D eigenvalue weighted by molar-refractivity contribution is 6.35. The van der Waals surface area contributed by atoms with Crippen molar-refractivity contribution in [3.05, 3.63) is 41.3 Å². The minimum Gasteiger partial charge on any atom is -0.366 e. The van der Waals surface area contributed by atoms with Gasteiger partial charge in [-0.2, -0.15) is 0 Å².